The Bertz CT molecular complexity index is 348. The van der Waals surface area contributed by atoms with E-state index in [-0.39, 0.29) is 11.5 Å². The van der Waals surface area contributed by atoms with E-state index in [1.807, 2.05) is 34.6 Å². The van der Waals surface area contributed by atoms with Gasteiger partial charge in [-0.1, -0.05) is 0 Å². The molecule has 1 rings (SSSR count). The molecule has 0 fully saturated rings. The van der Waals surface area contributed by atoms with E-state index in [2.05, 4.69) is 9.73 Å². The average Bonchev–Trinajstić information content (AvgIpc) is 2.36. The van der Waals surface area contributed by atoms with E-state index in [9.17, 15) is 4.79 Å². The van der Waals surface area contributed by atoms with Crippen molar-refractivity contribution in [1.82, 2.24) is 5.06 Å². The molecule has 0 radical (unpaired) electrons. The maximum Gasteiger partial charge on any atom is 0.336 e. The van der Waals surface area contributed by atoms with Crippen molar-refractivity contribution < 1.29 is 14.4 Å². The molecule has 0 saturated heterocycles. The lowest BCUT2D eigenvalue weighted by Crippen LogP contribution is -2.53. The topological polar surface area (TPSA) is 51.1 Å². The van der Waals surface area contributed by atoms with Gasteiger partial charge in [0.15, 0.2) is 6.10 Å². The summed E-state index contributed by atoms with van der Waals surface area (Å²) in [7, 11) is 1.35. The van der Waals surface area contributed by atoms with Gasteiger partial charge >= 0.3 is 5.97 Å². The van der Waals surface area contributed by atoms with E-state index in [4.69, 9.17) is 4.84 Å². The molecule has 0 aromatic rings. The summed E-state index contributed by atoms with van der Waals surface area (Å²) < 4.78 is 4.66. The highest BCUT2D eigenvalue weighted by Gasteiger charge is 2.48. The van der Waals surface area contributed by atoms with Gasteiger partial charge in [0, 0.05) is 5.71 Å². The third kappa shape index (κ3) is 2.50. The molecule has 0 N–H and O–H groups in total. The second-order valence-corrected chi connectivity index (χ2v) is 5.32. The molecule has 5 nitrogen and oxygen atoms in total. The summed E-state index contributed by atoms with van der Waals surface area (Å²) in [5, 5.41) is 1.76. The fourth-order valence-electron chi connectivity index (χ4n) is 2.05. The number of nitrogens with zero attached hydrogens (tertiary/aromatic N) is 2. The minimum atomic E-state index is -0.639. The first-order valence-corrected chi connectivity index (χ1v) is 5.75. The number of methoxy groups -OCH3 is 1. The molecule has 0 aromatic heterocycles. The standard InChI is InChI=1S/C12H22N2O3/c1-8(10(15)16-7)17-14-11(3,4)9(2)13-12(14,5)6/h8H,1-7H3. The van der Waals surface area contributed by atoms with Crippen molar-refractivity contribution in [2.75, 3.05) is 7.11 Å². The average molecular weight is 242 g/mol. The van der Waals surface area contributed by atoms with Gasteiger partial charge in [0.25, 0.3) is 0 Å². The molecule has 1 unspecified atom stereocenters. The van der Waals surface area contributed by atoms with Gasteiger partial charge in [0.2, 0.25) is 0 Å². The Balaban J connectivity index is 2.88. The number of hydroxylamine groups is 2. The molecule has 17 heavy (non-hydrogen) atoms. The van der Waals surface area contributed by atoms with Crippen molar-refractivity contribution in [3.63, 3.8) is 0 Å². The van der Waals surface area contributed by atoms with Crippen molar-refractivity contribution in [3.05, 3.63) is 0 Å². The lowest BCUT2D eigenvalue weighted by Gasteiger charge is -2.39. The van der Waals surface area contributed by atoms with Crippen LogP contribution in [0.4, 0.5) is 0 Å². The molecule has 1 atom stereocenters. The summed E-state index contributed by atoms with van der Waals surface area (Å²) in [5.74, 6) is -0.388. The molecular weight excluding hydrogens is 220 g/mol. The Kier molecular flexibility index (Phi) is 3.64. The number of esters is 1. The van der Waals surface area contributed by atoms with Crippen LogP contribution < -0.4 is 0 Å². The van der Waals surface area contributed by atoms with Crippen molar-refractivity contribution in [2.24, 2.45) is 4.99 Å². The summed E-state index contributed by atoms with van der Waals surface area (Å²) in [6.07, 6.45) is -0.639. The van der Waals surface area contributed by atoms with Crippen molar-refractivity contribution in [3.8, 4) is 0 Å². The molecule has 98 valence electrons. The number of rotatable bonds is 3. The lowest BCUT2D eigenvalue weighted by atomic mass is 10.00. The third-order valence-electron chi connectivity index (χ3n) is 3.13. The highest BCUT2D eigenvalue weighted by atomic mass is 16.7. The first-order valence-electron chi connectivity index (χ1n) is 5.75. The molecule has 0 amide bonds. The van der Waals surface area contributed by atoms with E-state index in [1.165, 1.54) is 7.11 Å². The Morgan fingerprint density at radius 2 is 1.88 bits per heavy atom. The summed E-state index contributed by atoms with van der Waals surface area (Å²) in [5.41, 5.74) is 0.182. The minimum absolute atomic E-state index is 0.328. The Morgan fingerprint density at radius 1 is 1.35 bits per heavy atom. The monoisotopic (exact) mass is 242 g/mol. The number of ether oxygens (including phenoxy) is 1. The maximum atomic E-state index is 11.4. The zero-order chi connectivity index (χ0) is 13.4. The van der Waals surface area contributed by atoms with E-state index in [1.54, 1.807) is 12.0 Å². The van der Waals surface area contributed by atoms with E-state index in [0.29, 0.717) is 0 Å². The maximum absolute atomic E-state index is 11.4. The van der Waals surface area contributed by atoms with Gasteiger partial charge in [-0.15, -0.1) is 0 Å². The Morgan fingerprint density at radius 3 is 2.24 bits per heavy atom. The Hall–Kier alpha value is -0.940. The van der Waals surface area contributed by atoms with Gasteiger partial charge < -0.3 is 4.74 Å². The van der Waals surface area contributed by atoms with Crippen LogP contribution in [-0.2, 0) is 14.4 Å². The number of carbonyl (C=O) groups is 1. The smallest absolute Gasteiger partial charge is 0.336 e. The molecule has 0 aromatic carbocycles. The molecule has 1 aliphatic heterocycles. The number of hydrogen-bond donors (Lipinski definition) is 0. The van der Waals surface area contributed by atoms with Gasteiger partial charge in [0.1, 0.15) is 5.66 Å². The van der Waals surface area contributed by atoms with Crippen LogP contribution in [-0.4, -0.2) is 41.2 Å². The van der Waals surface area contributed by atoms with Gasteiger partial charge in [-0.05, 0) is 41.5 Å². The van der Waals surface area contributed by atoms with Gasteiger partial charge in [-0.2, -0.15) is 5.06 Å². The van der Waals surface area contributed by atoms with Crippen molar-refractivity contribution in [2.45, 2.75) is 58.8 Å². The molecule has 0 saturated carbocycles. The van der Waals surface area contributed by atoms with Crippen LogP contribution in [0.3, 0.4) is 0 Å². The SMILES string of the molecule is COC(=O)C(C)ON1C(C)(C)N=C(C)C1(C)C. The highest BCUT2D eigenvalue weighted by molar-refractivity contribution is 5.92. The summed E-state index contributed by atoms with van der Waals surface area (Å²) in [6.45, 7) is 11.6. The van der Waals surface area contributed by atoms with Crippen LogP contribution in [0.15, 0.2) is 4.99 Å². The van der Waals surface area contributed by atoms with Crippen LogP contribution in [0.25, 0.3) is 0 Å². The van der Waals surface area contributed by atoms with E-state index in [0.717, 1.165) is 5.71 Å². The molecule has 0 aliphatic carbocycles. The second-order valence-electron chi connectivity index (χ2n) is 5.32. The minimum Gasteiger partial charge on any atom is -0.467 e. The fraction of sp³-hybridized carbons (Fsp3) is 0.833. The van der Waals surface area contributed by atoms with Crippen LogP contribution in [0.2, 0.25) is 0 Å². The van der Waals surface area contributed by atoms with Crippen LogP contribution in [0.5, 0.6) is 0 Å². The van der Waals surface area contributed by atoms with Crippen LogP contribution in [0, 0.1) is 0 Å². The third-order valence-corrected chi connectivity index (χ3v) is 3.13. The molecule has 1 heterocycles. The normalized spacial score (nSPS) is 24.3. The summed E-state index contributed by atoms with van der Waals surface area (Å²) >= 11 is 0. The number of hydrogen-bond acceptors (Lipinski definition) is 5. The quantitative estimate of drug-likeness (QED) is 0.708. The largest absolute Gasteiger partial charge is 0.467 e. The van der Waals surface area contributed by atoms with Gasteiger partial charge in [-0.25, -0.2) is 4.79 Å². The number of carbonyl (C=O) groups excluding carboxylic acids is 1. The zero-order valence-electron chi connectivity index (χ0n) is 11.7. The van der Waals surface area contributed by atoms with Crippen molar-refractivity contribution >= 4 is 11.7 Å². The van der Waals surface area contributed by atoms with Crippen LogP contribution >= 0.6 is 0 Å². The highest BCUT2D eigenvalue weighted by Crippen LogP contribution is 2.35. The molecule has 1 aliphatic rings. The van der Waals surface area contributed by atoms with E-state index < -0.39 is 11.8 Å². The van der Waals surface area contributed by atoms with E-state index >= 15 is 0 Å². The predicted molar refractivity (Wildman–Crippen MR) is 65.7 cm³/mol. The first-order chi connectivity index (χ1) is 7.63. The lowest BCUT2D eigenvalue weighted by molar-refractivity contribution is -0.263. The van der Waals surface area contributed by atoms with Gasteiger partial charge in [0.05, 0.1) is 12.6 Å². The first kappa shape index (κ1) is 14.1. The number of aliphatic imine (C=N–C) groups is 1. The molecule has 0 bridgehead atoms. The molecule has 5 heteroatoms. The zero-order valence-corrected chi connectivity index (χ0v) is 11.7. The molecular formula is C12H22N2O3. The second kappa shape index (κ2) is 4.38. The Labute approximate surface area is 103 Å². The summed E-state index contributed by atoms with van der Waals surface area (Å²) in [6, 6.07) is 0. The van der Waals surface area contributed by atoms with Gasteiger partial charge in [-0.3, -0.25) is 9.83 Å². The van der Waals surface area contributed by atoms with Crippen molar-refractivity contribution in [1.29, 1.82) is 0 Å². The fourth-order valence-corrected chi connectivity index (χ4v) is 2.05. The summed E-state index contributed by atoms with van der Waals surface area (Å²) in [4.78, 5) is 21.7. The van der Waals surface area contributed by atoms with Crippen LogP contribution in [0.1, 0.15) is 41.5 Å². The predicted octanol–water partition coefficient (Wildman–Crippen LogP) is 1.77. The molecule has 0 spiro atoms.